The van der Waals surface area contributed by atoms with Crippen LogP contribution < -0.4 is 0 Å². The van der Waals surface area contributed by atoms with E-state index >= 15 is 0 Å². The van der Waals surface area contributed by atoms with Crippen LogP contribution in [-0.2, 0) is 14.8 Å². The summed E-state index contributed by atoms with van der Waals surface area (Å²) in [7, 11) is -4.14. The zero-order chi connectivity index (χ0) is 16.0. The molecule has 0 bridgehead atoms. The second kappa shape index (κ2) is 5.59. The monoisotopic (exact) mass is 371 g/mol. The second-order valence-corrected chi connectivity index (χ2v) is 8.01. The van der Waals surface area contributed by atoms with Gasteiger partial charge in [0.15, 0.2) is 0 Å². The van der Waals surface area contributed by atoms with E-state index in [1.165, 1.54) is 19.1 Å². The van der Waals surface area contributed by atoms with Crippen LogP contribution in [-0.4, -0.2) is 35.9 Å². The first-order valence-corrected chi connectivity index (χ1v) is 8.59. The third-order valence-electron chi connectivity index (χ3n) is 3.55. The maximum Gasteiger partial charge on any atom is 0.324 e. The van der Waals surface area contributed by atoms with Gasteiger partial charge in [0.1, 0.15) is 10.4 Å². The van der Waals surface area contributed by atoms with Crippen molar-refractivity contribution in [3.05, 3.63) is 27.2 Å². The molecule has 1 aliphatic rings. The number of nitrogens with zero attached hydrogens (tertiary/aromatic N) is 1. The van der Waals surface area contributed by atoms with Crippen LogP contribution in [0.5, 0.6) is 0 Å². The lowest BCUT2D eigenvalue weighted by Crippen LogP contribution is -2.50. The summed E-state index contributed by atoms with van der Waals surface area (Å²) in [6, 6.07) is 2.52. The van der Waals surface area contributed by atoms with E-state index in [1.54, 1.807) is 0 Å². The van der Waals surface area contributed by atoms with E-state index in [2.05, 4.69) is 0 Å². The fourth-order valence-electron chi connectivity index (χ4n) is 2.42. The van der Waals surface area contributed by atoms with Crippen molar-refractivity contribution in [3.8, 4) is 0 Å². The highest BCUT2D eigenvalue weighted by Crippen LogP contribution is 2.40. The molecule has 1 aromatic rings. The molecule has 116 valence electrons. The standard InChI is InChI=1S/C12H12Cl3NO4S/c1-12(11(17)18)3-2-4-16(12)21(19,20)10-8(14)5-7(13)6-9(10)15/h5-6H,2-4H2,1H3,(H,17,18). The number of rotatable bonds is 3. The summed E-state index contributed by atoms with van der Waals surface area (Å²) in [6.45, 7) is 1.47. The van der Waals surface area contributed by atoms with Crippen molar-refractivity contribution < 1.29 is 18.3 Å². The molecule has 0 spiro atoms. The Morgan fingerprint density at radius 3 is 2.29 bits per heavy atom. The highest BCUT2D eigenvalue weighted by atomic mass is 35.5. The topological polar surface area (TPSA) is 74.7 Å². The van der Waals surface area contributed by atoms with Crippen molar-refractivity contribution in [2.24, 2.45) is 0 Å². The van der Waals surface area contributed by atoms with Crippen molar-refractivity contribution in [3.63, 3.8) is 0 Å². The molecule has 1 aliphatic heterocycles. The lowest BCUT2D eigenvalue weighted by molar-refractivity contribution is -0.146. The molecule has 0 radical (unpaired) electrons. The Morgan fingerprint density at radius 2 is 1.81 bits per heavy atom. The van der Waals surface area contributed by atoms with E-state index in [1.807, 2.05) is 0 Å². The molecule has 1 atom stereocenters. The SMILES string of the molecule is CC1(C(=O)O)CCCN1S(=O)(=O)c1c(Cl)cc(Cl)cc1Cl. The Labute approximate surface area is 137 Å². The van der Waals surface area contributed by atoms with Crippen molar-refractivity contribution in [1.29, 1.82) is 0 Å². The Kier molecular flexibility index (Phi) is 4.48. The molecule has 1 fully saturated rings. The Bertz CT molecular complexity index is 683. The lowest BCUT2D eigenvalue weighted by Gasteiger charge is -2.30. The third kappa shape index (κ3) is 2.75. The first-order valence-electron chi connectivity index (χ1n) is 6.01. The summed E-state index contributed by atoms with van der Waals surface area (Å²) < 4.78 is 26.5. The van der Waals surface area contributed by atoms with Gasteiger partial charge >= 0.3 is 5.97 Å². The molecule has 2 rings (SSSR count). The number of hydrogen-bond donors (Lipinski definition) is 1. The van der Waals surface area contributed by atoms with E-state index in [-0.39, 0.29) is 32.9 Å². The van der Waals surface area contributed by atoms with E-state index in [4.69, 9.17) is 34.8 Å². The maximum atomic E-state index is 12.8. The van der Waals surface area contributed by atoms with Crippen LogP contribution in [0.25, 0.3) is 0 Å². The van der Waals surface area contributed by atoms with Gasteiger partial charge in [-0.3, -0.25) is 4.79 Å². The molecule has 1 N–H and O–H groups in total. The van der Waals surface area contributed by atoms with E-state index in [0.29, 0.717) is 6.42 Å². The van der Waals surface area contributed by atoms with Gasteiger partial charge in [-0.1, -0.05) is 34.8 Å². The zero-order valence-corrected chi connectivity index (χ0v) is 14.0. The van der Waals surface area contributed by atoms with Gasteiger partial charge < -0.3 is 5.11 Å². The van der Waals surface area contributed by atoms with E-state index in [9.17, 15) is 18.3 Å². The molecule has 1 aromatic carbocycles. The van der Waals surface area contributed by atoms with Gasteiger partial charge in [-0.2, -0.15) is 4.31 Å². The molecular formula is C12H12Cl3NO4S. The molecule has 9 heteroatoms. The van der Waals surface area contributed by atoms with Crippen molar-refractivity contribution >= 4 is 50.8 Å². The fourth-order valence-corrected chi connectivity index (χ4v) is 5.73. The van der Waals surface area contributed by atoms with Gasteiger partial charge in [0.25, 0.3) is 0 Å². The normalized spacial score (nSPS) is 23.4. The average molecular weight is 373 g/mol. The molecule has 1 saturated heterocycles. The first kappa shape index (κ1) is 16.8. The van der Waals surface area contributed by atoms with Gasteiger partial charge in [-0.05, 0) is 31.9 Å². The van der Waals surface area contributed by atoms with Crippen LogP contribution in [0.4, 0.5) is 0 Å². The molecule has 1 heterocycles. The highest BCUT2D eigenvalue weighted by molar-refractivity contribution is 7.89. The second-order valence-electron chi connectivity index (χ2n) is 4.96. The third-order valence-corrected chi connectivity index (χ3v) is 6.71. The Hall–Kier alpha value is -0.530. The summed E-state index contributed by atoms with van der Waals surface area (Å²) in [5.41, 5.74) is -1.51. The molecule has 5 nitrogen and oxygen atoms in total. The smallest absolute Gasteiger partial charge is 0.324 e. The summed E-state index contributed by atoms with van der Waals surface area (Å²) in [5.74, 6) is -1.20. The van der Waals surface area contributed by atoms with Crippen LogP contribution in [0.2, 0.25) is 15.1 Å². The molecule has 0 aliphatic carbocycles. The maximum absolute atomic E-state index is 12.8. The Morgan fingerprint density at radius 1 is 1.29 bits per heavy atom. The number of carboxylic acid groups (broad SMARTS) is 1. The van der Waals surface area contributed by atoms with Gasteiger partial charge in [0.05, 0.1) is 10.0 Å². The number of aliphatic carboxylic acids is 1. The van der Waals surface area contributed by atoms with Crippen LogP contribution in [0, 0.1) is 0 Å². The summed E-state index contributed by atoms with van der Waals surface area (Å²) in [6.07, 6.45) is 0.676. The van der Waals surface area contributed by atoms with Gasteiger partial charge in [0.2, 0.25) is 10.0 Å². The number of benzene rings is 1. The van der Waals surface area contributed by atoms with Gasteiger partial charge in [0, 0.05) is 11.6 Å². The van der Waals surface area contributed by atoms with Gasteiger partial charge in [-0.25, -0.2) is 8.42 Å². The zero-order valence-electron chi connectivity index (χ0n) is 10.9. The van der Waals surface area contributed by atoms with Crippen LogP contribution >= 0.6 is 34.8 Å². The number of sulfonamides is 1. The highest BCUT2D eigenvalue weighted by Gasteiger charge is 2.50. The van der Waals surface area contributed by atoms with Crippen LogP contribution in [0.15, 0.2) is 17.0 Å². The van der Waals surface area contributed by atoms with E-state index in [0.717, 1.165) is 4.31 Å². The quantitative estimate of drug-likeness (QED) is 0.883. The number of hydrogen-bond acceptors (Lipinski definition) is 3. The summed E-state index contributed by atoms with van der Waals surface area (Å²) in [4.78, 5) is 11.1. The molecule has 1 unspecified atom stereocenters. The largest absolute Gasteiger partial charge is 0.480 e. The van der Waals surface area contributed by atoms with Crippen molar-refractivity contribution in [2.75, 3.05) is 6.54 Å². The molecule has 0 aromatic heterocycles. The summed E-state index contributed by atoms with van der Waals surface area (Å²) >= 11 is 17.7. The molecule has 0 amide bonds. The van der Waals surface area contributed by atoms with Crippen LogP contribution in [0.3, 0.4) is 0 Å². The predicted octanol–water partition coefficient (Wildman–Crippen LogP) is 3.27. The molecular weight excluding hydrogens is 361 g/mol. The first-order chi connectivity index (χ1) is 9.60. The van der Waals surface area contributed by atoms with Crippen LogP contribution in [0.1, 0.15) is 19.8 Å². The number of carboxylic acids is 1. The summed E-state index contributed by atoms with van der Waals surface area (Å²) in [5, 5.41) is 9.28. The minimum atomic E-state index is -4.14. The Balaban J connectivity index is 2.61. The minimum absolute atomic E-state index is 0.0976. The fraction of sp³-hybridized carbons (Fsp3) is 0.417. The van der Waals surface area contributed by atoms with E-state index < -0.39 is 21.5 Å². The number of halogens is 3. The number of carbonyl (C=O) groups is 1. The van der Waals surface area contributed by atoms with Crippen molar-refractivity contribution in [1.82, 2.24) is 4.31 Å². The average Bonchev–Trinajstić information content (AvgIpc) is 2.71. The lowest BCUT2D eigenvalue weighted by atomic mass is 10.0. The molecule has 21 heavy (non-hydrogen) atoms. The minimum Gasteiger partial charge on any atom is -0.480 e. The van der Waals surface area contributed by atoms with Gasteiger partial charge in [-0.15, -0.1) is 0 Å². The van der Waals surface area contributed by atoms with Crippen molar-refractivity contribution in [2.45, 2.75) is 30.2 Å². The predicted molar refractivity (Wildman–Crippen MR) is 80.6 cm³/mol. The molecule has 0 saturated carbocycles.